The van der Waals surface area contributed by atoms with Crippen molar-refractivity contribution in [3.05, 3.63) is 102 Å². The Morgan fingerprint density at radius 3 is 2.00 bits per heavy atom. The highest BCUT2D eigenvalue weighted by molar-refractivity contribution is 6.12. The molecule has 0 amide bonds. The Morgan fingerprint density at radius 2 is 1.44 bits per heavy atom. The average Bonchev–Trinajstić information content (AvgIpc) is 3.30. The second-order valence-electron chi connectivity index (χ2n) is 7.10. The highest BCUT2D eigenvalue weighted by Gasteiger charge is 2.19. The zero-order valence-corrected chi connectivity index (χ0v) is 15.5. The summed E-state index contributed by atoms with van der Waals surface area (Å²) in [6, 6.07) is 23.8. The quantitative estimate of drug-likeness (QED) is 0.405. The van der Waals surface area contributed by atoms with Crippen molar-refractivity contribution in [3.63, 3.8) is 0 Å². The Kier molecular flexibility index (Phi) is 3.58. The summed E-state index contributed by atoms with van der Waals surface area (Å²) < 4.78 is 0. The van der Waals surface area contributed by atoms with Crippen LogP contribution in [0.15, 0.2) is 89.6 Å². The zero-order chi connectivity index (χ0) is 18.4. The molecule has 0 spiro atoms. The number of fused-ring (bicyclic) bond motifs is 2. The van der Waals surface area contributed by atoms with Gasteiger partial charge in [-0.2, -0.15) is 0 Å². The van der Waals surface area contributed by atoms with Crippen molar-refractivity contribution in [1.82, 2.24) is 4.98 Å². The molecular formula is C25H20N2. The highest BCUT2D eigenvalue weighted by Crippen LogP contribution is 2.39. The largest absolute Gasteiger partial charge is 0.359 e. The molecule has 1 aliphatic heterocycles. The SMILES string of the molecule is CC1=N/C(=C(/c2ccc(C)[nH]2)c2c3ccccc3cc3ccccc23)C=C1. The van der Waals surface area contributed by atoms with Crippen molar-refractivity contribution in [2.75, 3.05) is 0 Å². The van der Waals surface area contributed by atoms with Crippen molar-refractivity contribution in [3.8, 4) is 0 Å². The smallest absolute Gasteiger partial charge is 0.0733 e. The first-order valence-electron chi connectivity index (χ1n) is 9.25. The van der Waals surface area contributed by atoms with Gasteiger partial charge in [-0.05, 0) is 65.7 Å². The normalized spacial score (nSPS) is 15.6. The summed E-state index contributed by atoms with van der Waals surface area (Å²) in [5.41, 5.74) is 6.70. The van der Waals surface area contributed by atoms with Gasteiger partial charge >= 0.3 is 0 Å². The molecule has 0 saturated heterocycles. The number of aryl methyl sites for hydroxylation is 1. The van der Waals surface area contributed by atoms with E-state index in [-0.39, 0.29) is 0 Å². The molecule has 27 heavy (non-hydrogen) atoms. The van der Waals surface area contributed by atoms with E-state index in [1.54, 1.807) is 0 Å². The van der Waals surface area contributed by atoms with E-state index in [1.807, 2.05) is 6.92 Å². The maximum atomic E-state index is 4.83. The predicted octanol–water partition coefficient (Wildman–Crippen LogP) is 6.42. The van der Waals surface area contributed by atoms with E-state index in [9.17, 15) is 0 Å². The fourth-order valence-electron chi connectivity index (χ4n) is 3.94. The van der Waals surface area contributed by atoms with Crippen molar-refractivity contribution in [1.29, 1.82) is 0 Å². The molecule has 0 atom stereocenters. The number of nitrogens with one attached hydrogen (secondary N) is 1. The summed E-state index contributed by atoms with van der Waals surface area (Å²) in [4.78, 5) is 8.36. The van der Waals surface area contributed by atoms with Gasteiger partial charge in [0.15, 0.2) is 0 Å². The van der Waals surface area contributed by atoms with Gasteiger partial charge in [0, 0.05) is 28.2 Å². The molecule has 1 aromatic heterocycles. The number of allylic oxidation sites excluding steroid dienone is 2. The number of aliphatic imine (C=N–C) groups is 1. The van der Waals surface area contributed by atoms with Crippen LogP contribution in [0, 0.1) is 6.92 Å². The first kappa shape index (κ1) is 15.8. The van der Waals surface area contributed by atoms with Gasteiger partial charge in [-0.25, -0.2) is 0 Å². The molecule has 0 unspecified atom stereocenters. The highest BCUT2D eigenvalue weighted by atomic mass is 14.8. The second kappa shape index (κ2) is 6.10. The number of aromatic amines is 1. The molecule has 4 aromatic rings. The first-order valence-corrected chi connectivity index (χ1v) is 9.25. The molecular weight excluding hydrogens is 328 g/mol. The van der Waals surface area contributed by atoms with Crippen LogP contribution in [0.2, 0.25) is 0 Å². The summed E-state index contributed by atoms with van der Waals surface area (Å²) in [7, 11) is 0. The molecule has 0 fully saturated rings. The summed E-state index contributed by atoms with van der Waals surface area (Å²) in [5.74, 6) is 0. The molecule has 0 radical (unpaired) electrons. The molecule has 2 nitrogen and oxygen atoms in total. The summed E-state index contributed by atoms with van der Waals surface area (Å²) in [6.07, 6.45) is 4.20. The molecule has 1 N–H and O–H groups in total. The Labute approximate surface area is 158 Å². The third kappa shape index (κ3) is 2.61. The third-order valence-corrected chi connectivity index (χ3v) is 5.16. The van der Waals surface area contributed by atoms with E-state index >= 15 is 0 Å². The van der Waals surface area contributed by atoms with E-state index < -0.39 is 0 Å². The lowest BCUT2D eigenvalue weighted by atomic mass is 9.89. The van der Waals surface area contributed by atoms with Crippen molar-refractivity contribution < 1.29 is 0 Å². The second-order valence-corrected chi connectivity index (χ2v) is 7.10. The summed E-state index contributed by atoms with van der Waals surface area (Å²) in [6.45, 7) is 4.13. The minimum atomic E-state index is 1.01. The standard InChI is InChI=1S/C25H20N2/c1-16-11-13-22(26-16)25(23-14-12-17(2)27-23)24-20-9-5-3-7-18(20)15-19-8-4-6-10-21(19)24/h3-15,26H,1-2H3/b25-23-. The van der Waals surface area contributed by atoms with Gasteiger partial charge in [0.05, 0.1) is 5.70 Å². The Morgan fingerprint density at radius 1 is 0.778 bits per heavy atom. The van der Waals surface area contributed by atoms with Gasteiger partial charge in [-0.1, -0.05) is 48.5 Å². The predicted molar refractivity (Wildman–Crippen MR) is 115 cm³/mol. The van der Waals surface area contributed by atoms with Crippen LogP contribution >= 0.6 is 0 Å². The van der Waals surface area contributed by atoms with Crippen LogP contribution in [0.5, 0.6) is 0 Å². The molecule has 2 heteroatoms. The van der Waals surface area contributed by atoms with E-state index in [1.165, 1.54) is 27.1 Å². The lowest BCUT2D eigenvalue weighted by Crippen LogP contribution is -1.96. The molecule has 5 rings (SSSR count). The number of benzene rings is 3. The molecule has 2 heterocycles. The minimum absolute atomic E-state index is 1.01. The van der Waals surface area contributed by atoms with Gasteiger partial charge in [0.2, 0.25) is 0 Å². The number of nitrogens with zero attached hydrogens (tertiary/aromatic N) is 1. The summed E-state index contributed by atoms with van der Waals surface area (Å²) in [5, 5.41) is 4.99. The topological polar surface area (TPSA) is 28.1 Å². The minimum Gasteiger partial charge on any atom is -0.359 e. The van der Waals surface area contributed by atoms with Gasteiger partial charge in [-0.15, -0.1) is 0 Å². The molecule has 0 aliphatic carbocycles. The monoisotopic (exact) mass is 348 g/mol. The van der Waals surface area contributed by atoms with Crippen LogP contribution in [0.4, 0.5) is 0 Å². The van der Waals surface area contributed by atoms with E-state index in [4.69, 9.17) is 4.99 Å². The molecule has 3 aromatic carbocycles. The van der Waals surface area contributed by atoms with Crippen LogP contribution < -0.4 is 0 Å². The van der Waals surface area contributed by atoms with E-state index in [0.29, 0.717) is 0 Å². The number of rotatable bonds is 2. The van der Waals surface area contributed by atoms with Crippen LogP contribution in [0.25, 0.3) is 27.1 Å². The average molecular weight is 348 g/mol. The number of aromatic nitrogens is 1. The zero-order valence-electron chi connectivity index (χ0n) is 15.5. The van der Waals surface area contributed by atoms with Crippen LogP contribution in [-0.2, 0) is 0 Å². The maximum absolute atomic E-state index is 4.83. The first-order chi connectivity index (χ1) is 13.2. The Bertz CT molecular complexity index is 1230. The fourth-order valence-corrected chi connectivity index (χ4v) is 3.94. The number of hydrogen-bond acceptors (Lipinski definition) is 1. The molecule has 130 valence electrons. The van der Waals surface area contributed by atoms with Crippen molar-refractivity contribution >= 4 is 32.8 Å². The molecule has 1 aliphatic rings. The third-order valence-electron chi connectivity index (χ3n) is 5.16. The number of H-pyrrole nitrogens is 1. The van der Waals surface area contributed by atoms with Gasteiger partial charge < -0.3 is 4.98 Å². The van der Waals surface area contributed by atoms with Crippen LogP contribution in [-0.4, -0.2) is 10.7 Å². The Hall–Kier alpha value is -3.39. The van der Waals surface area contributed by atoms with E-state index in [0.717, 1.165) is 28.4 Å². The lowest BCUT2D eigenvalue weighted by molar-refractivity contribution is 1.23. The van der Waals surface area contributed by atoms with Crippen molar-refractivity contribution in [2.45, 2.75) is 13.8 Å². The van der Waals surface area contributed by atoms with Crippen LogP contribution in [0.3, 0.4) is 0 Å². The summed E-state index contributed by atoms with van der Waals surface area (Å²) >= 11 is 0. The molecule has 0 saturated carbocycles. The maximum Gasteiger partial charge on any atom is 0.0733 e. The van der Waals surface area contributed by atoms with Gasteiger partial charge in [0.25, 0.3) is 0 Å². The Balaban J connectivity index is 1.98. The lowest BCUT2D eigenvalue weighted by Gasteiger charge is -2.16. The number of hydrogen-bond donors (Lipinski definition) is 1. The van der Waals surface area contributed by atoms with E-state index in [2.05, 4.69) is 90.8 Å². The fraction of sp³-hybridized carbons (Fsp3) is 0.0800. The van der Waals surface area contributed by atoms with Gasteiger partial charge in [-0.3, -0.25) is 4.99 Å². The van der Waals surface area contributed by atoms with Crippen LogP contribution in [0.1, 0.15) is 23.9 Å². The van der Waals surface area contributed by atoms with Crippen molar-refractivity contribution in [2.24, 2.45) is 4.99 Å². The molecule has 0 bridgehead atoms. The van der Waals surface area contributed by atoms with Gasteiger partial charge in [0.1, 0.15) is 0 Å².